The molecule has 1 aliphatic heterocycles. The first kappa shape index (κ1) is 12.3. The van der Waals surface area contributed by atoms with Crippen molar-refractivity contribution in [2.24, 2.45) is 5.73 Å². The van der Waals surface area contributed by atoms with Gasteiger partial charge in [0.25, 0.3) is 5.89 Å². The molecule has 1 aromatic carbocycles. The van der Waals surface area contributed by atoms with Crippen LogP contribution in [0.15, 0.2) is 22.7 Å². The molecule has 6 heteroatoms. The molecular formula is C13H15N3O3. The minimum atomic E-state index is -0.375. The molecule has 0 radical (unpaired) electrons. The third kappa shape index (κ3) is 2.37. The van der Waals surface area contributed by atoms with Crippen LogP contribution in [0.3, 0.4) is 0 Å². The lowest BCUT2D eigenvalue weighted by atomic mass is 10.1. The van der Waals surface area contributed by atoms with Crippen molar-refractivity contribution in [2.75, 3.05) is 13.7 Å². The SMILES string of the molecule is COCC(N)c1noc(-c2ccc3c(c2)COC3)n1. The Morgan fingerprint density at radius 3 is 3.05 bits per heavy atom. The minimum absolute atomic E-state index is 0.358. The summed E-state index contributed by atoms with van der Waals surface area (Å²) in [5.74, 6) is 0.921. The van der Waals surface area contributed by atoms with Crippen LogP contribution < -0.4 is 5.73 Å². The van der Waals surface area contributed by atoms with Crippen molar-refractivity contribution in [3.63, 3.8) is 0 Å². The highest BCUT2D eigenvalue weighted by molar-refractivity contribution is 5.56. The maximum atomic E-state index is 5.86. The number of methoxy groups -OCH3 is 1. The molecule has 1 unspecified atom stereocenters. The van der Waals surface area contributed by atoms with Crippen LogP contribution in [0.1, 0.15) is 23.0 Å². The summed E-state index contributed by atoms with van der Waals surface area (Å²) in [5, 5.41) is 3.88. The van der Waals surface area contributed by atoms with E-state index in [-0.39, 0.29) is 6.04 Å². The number of rotatable bonds is 4. The maximum absolute atomic E-state index is 5.86. The Bertz CT molecular complexity index is 582. The molecule has 0 saturated heterocycles. The zero-order valence-corrected chi connectivity index (χ0v) is 10.6. The average molecular weight is 261 g/mol. The van der Waals surface area contributed by atoms with Crippen LogP contribution in [0.4, 0.5) is 0 Å². The number of ether oxygens (including phenoxy) is 2. The summed E-state index contributed by atoms with van der Waals surface area (Å²) < 4.78 is 15.6. The lowest BCUT2D eigenvalue weighted by Crippen LogP contribution is -2.17. The van der Waals surface area contributed by atoms with Gasteiger partial charge in [-0.3, -0.25) is 0 Å². The smallest absolute Gasteiger partial charge is 0.257 e. The van der Waals surface area contributed by atoms with Gasteiger partial charge in [-0.25, -0.2) is 0 Å². The molecule has 0 spiro atoms. The average Bonchev–Trinajstić information content (AvgIpc) is 3.07. The number of hydrogen-bond acceptors (Lipinski definition) is 6. The molecule has 19 heavy (non-hydrogen) atoms. The summed E-state index contributed by atoms with van der Waals surface area (Å²) in [7, 11) is 1.58. The molecule has 0 aliphatic carbocycles. The Labute approximate surface area is 110 Å². The zero-order valence-electron chi connectivity index (χ0n) is 10.6. The predicted octanol–water partition coefficient (Wildman–Crippen LogP) is 1.41. The minimum Gasteiger partial charge on any atom is -0.383 e. The summed E-state index contributed by atoms with van der Waals surface area (Å²) in [6.45, 7) is 1.66. The monoisotopic (exact) mass is 261 g/mol. The van der Waals surface area contributed by atoms with Crippen LogP contribution in [0.2, 0.25) is 0 Å². The molecule has 1 atom stereocenters. The van der Waals surface area contributed by atoms with E-state index in [4.69, 9.17) is 19.7 Å². The lowest BCUT2D eigenvalue weighted by molar-refractivity contribution is 0.134. The van der Waals surface area contributed by atoms with Crippen LogP contribution in [-0.4, -0.2) is 23.9 Å². The fourth-order valence-corrected chi connectivity index (χ4v) is 2.06. The Morgan fingerprint density at radius 2 is 2.21 bits per heavy atom. The van der Waals surface area contributed by atoms with E-state index in [0.29, 0.717) is 31.5 Å². The second kappa shape index (κ2) is 5.08. The molecule has 100 valence electrons. The number of benzene rings is 1. The molecule has 2 N–H and O–H groups in total. The van der Waals surface area contributed by atoms with Gasteiger partial charge in [0.1, 0.15) is 0 Å². The molecule has 1 aromatic heterocycles. The van der Waals surface area contributed by atoms with Crippen molar-refractivity contribution in [3.05, 3.63) is 35.2 Å². The molecule has 0 saturated carbocycles. The van der Waals surface area contributed by atoms with E-state index >= 15 is 0 Å². The number of nitrogens with zero attached hydrogens (tertiary/aromatic N) is 2. The molecule has 6 nitrogen and oxygen atoms in total. The number of hydrogen-bond donors (Lipinski definition) is 1. The topological polar surface area (TPSA) is 83.4 Å². The van der Waals surface area contributed by atoms with Gasteiger partial charge >= 0.3 is 0 Å². The zero-order chi connectivity index (χ0) is 13.2. The lowest BCUT2D eigenvalue weighted by Gasteiger charge is -2.03. The number of fused-ring (bicyclic) bond motifs is 1. The van der Waals surface area contributed by atoms with Crippen molar-refractivity contribution in [1.29, 1.82) is 0 Å². The second-order valence-electron chi connectivity index (χ2n) is 4.50. The van der Waals surface area contributed by atoms with E-state index in [2.05, 4.69) is 10.1 Å². The van der Waals surface area contributed by atoms with Crippen LogP contribution in [-0.2, 0) is 22.7 Å². The normalized spacial score (nSPS) is 15.5. The van der Waals surface area contributed by atoms with E-state index in [9.17, 15) is 0 Å². The van der Waals surface area contributed by atoms with Crippen LogP contribution >= 0.6 is 0 Å². The Balaban J connectivity index is 1.86. The molecule has 2 heterocycles. The summed E-state index contributed by atoms with van der Waals surface area (Å²) in [6, 6.07) is 5.62. The van der Waals surface area contributed by atoms with E-state index in [0.717, 1.165) is 5.56 Å². The second-order valence-corrected chi connectivity index (χ2v) is 4.50. The van der Waals surface area contributed by atoms with Crippen molar-refractivity contribution in [3.8, 4) is 11.5 Å². The van der Waals surface area contributed by atoms with Crippen LogP contribution in [0.25, 0.3) is 11.5 Å². The van der Waals surface area contributed by atoms with E-state index in [1.807, 2.05) is 18.2 Å². The highest BCUT2D eigenvalue weighted by atomic mass is 16.5. The molecule has 0 bridgehead atoms. The van der Waals surface area contributed by atoms with Gasteiger partial charge in [0.05, 0.1) is 25.9 Å². The van der Waals surface area contributed by atoms with E-state index in [1.165, 1.54) is 11.1 Å². The summed E-state index contributed by atoms with van der Waals surface area (Å²) in [4.78, 5) is 4.30. The van der Waals surface area contributed by atoms with Gasteiger partial charge < -0.3 is 19.7 Å². The van der Waals surface area contributed by atoms with Gasteiger partial charge in [0.15, 0.2) is 5.82 Å². The van der Waals surface area contributed by atoms with Gasteiger partial charge in [-0.15, -0.1) is 0 Å². The Kier molecular flexibility index (Phi) is 3.29. The van der Waals surface area contributed by atoms with Gasteiger partial charge in [0, 0.05) is 12.7 Å². The molecule has 0 amide bonds. The van der Waals surface area contributed by atoms with Gasteiger partial charge in [-0.1, -0.05) is 11.2 Å². The first-order valence-corrected chi connectivity index (χ1v) is 6.06. The molecule has 2 aromatic rings. The largest absolute Gasteiger partial charge is 0.383 e. The van der Waals surface area contributed by atoms with Crippen LogP contribution in [0.5, 0.6) is 0 Å². The third-order valence-corrected chi connectivity index (χ3v) is 3.09. The molecule has 1 aliphatic rings. The summed E-state index contributed by atoms with van der Waals surface area (Å²) in [5.41, 5.74) is 9.11. The molecule has 3 rings (SSSR count). The first-order valence-electron chi connectivity index (χ1n) is 6.06. The Morgan fingerprint density at radius 1 is 1.37 bits per heavy atom. The quantitative estimate of drug-likeness (QED) is 0.896. The maximum Gasteiger partial charge on any atom is 0.257 e. The van der Waals surface area contributed by atoms with E-state index < -0.39 is 0 Å². The summed E-state index contributed by atoms with van der Waals surface area (Å²) in [6.07, 6.45) is 0. The van der Waals surface area contributed by atoms with Crippen molar-refractivity contribution >= 4 is 0 Å². The van der Waals surface area contributed by atoms with Crippen molar-refractivity contribution in [2.45, 2.75) is 19.3 Å². The van der Waals surface area contributed by atoms with Crippen molar-refractivity contribution in [1.82, 2.24) is 10.1 Å². The highest BCUT2D eigenvalue weighted by Crippen LogP contribution is 2.26. The molecular weight excluding hydrogens is 246 g/mol. The first-order chi connectivity index (χ1) is 9.28. The summed E-state index contributed by atoms with van der Waals surface area (Å²) >= 11 is 0. The van der Waals surface area contributed by atoms with Gasteiger partial charge in [-0.2, -0.15) is 4.98 Å². The van der Waals surface area contributed by atoms with Crippen molar-refractivity contribution < 1.29 is 14.0 Å². The fraction of sp³-hybridized carbons (Fsp3) is 0.385. The molecule has 0 fully saturated rings. The van der Waals surface area contributed by atoms with E-state index in [1.54, 1.807) is 7.11 Å². The predicted molar refractivity (Wildman–Crippen MR) is 67.0 cm³/mol. The van der Waals surface area contributed by atoms with Crippen LogP contribution in [0, 0.1) is 0 Å². The third-order valence-electron chi connectivity index (χ3n) is 3.09. The standard InChI is InChI=1S/C13H15N3O3/c1-17-7-11(14)12-15-13(19-16-12)8-2-3-9-5-18-6-10(9)4-8/h2-4,11H,5-7,14H2,1H3. The van der Waals surface area contributed by atoms with Gasteiger partial charge in [-0.05, 0) is 23.3 Å². The number of nitrogens with two attached hydrogens (primary N) is 1. The van der Waals surface area contributed by atoms with Gasteiger partial charge in [0.2, 0.25) is 0 Å². The number of aromatic nitrogens is 2. The fourth-order valence-electron chi connectivity index (χ4n) is 2.06. The highest BCUT2D eigenvalue weighted by Gasteiger charge is 2.17. The Hall–Kier alpha value is -1.76.